The lowest BCUT2D eigenvalue weighted by molar-refractivity contribution is -0.122. The van der Waals surface area contributed by atoms with Crippen molar-refractivity contribution in [3.63, 3.8) is 0 Å². The van der Waals surface area contributed by atoms with Crippen molar-refractivity contribution >= 4 is 12.1 Å². The molecule has 4 rings (SSSR count). The summed E-state index contributed by atoms with van der Waals surface area (Å²) in [5.74, 6) is -0.0749. The van der Waals surface area contributed by atoms with Gasteiger partial charge < -0.3 is 0 Å². The van der Waals surface area contributed by atoms with Gasteiger partial charge in [0, 0.05) is 32.7 Å². The molecule has 1 amide bonds. The molecule has 5 nitrogen and oxygen atoms in total. The first-order chi connectivity index (χ1) is 15.7. The molecule has 1 aliphatic heterocycles. The summed E-state index contributed by atoms with van der Waals surface area (Å²) in [6, 6.07) is 27.1. The first kappa shape index (κ1) is 21.9. The number of nitrogens with one attached hydrogen (secondary N) is 1. The minimum Gasteiger partial charge on any atom is -0.297 e. The van der Waals surface area contributed by atoms with E-state index < -0.39 is 0 Å². The number of amides is 1. The van der Waals surface area contributed by atoms with Crippen LogP contribution in [0.4, 0.5) is 0 Å². The van der Waals surface area contributed by atoms with Crippen LogP contribution in [0.3, 0.4) is 0 Å². The number of rotatable bonds is 7. The van der Waals surface area contributed by atoms with E-state index in [1.165, 1.54) is 16.7 Å². The zero-order valence-corrected chi connectivity index (χ0v) is 18.6. The number of benzene rings is 3. The minimum atomic E-state index is -0.0749. The molecule has 164 valence electrons. The first-order valence-electron chi connectivity index (χ1n) is 11.1. The van der Waals surface area contributed by atoms with Crippen molar-refractivity contribution in [2.45, 2.75) is 13.5 Å². The SMILES string of the molecule is Cc1ccc(CN2CCN(CC(=O)NN=Cc3ccc(-c4ccccc4)cc3)CC2)cc1. The van der Waals surface area contributed by atoms with Gasteiger partial charge in [0.05, 0.1) is 12.8 Å². The Bertz CT molecular complexity index is 1020. The zero-order chi connectivity index (χ0) is 22.2. The second-order valence-electron chi connectivity index (χ2n) is 8.32. The average Bonchev–Trinajstić information content (AvgIpc) is 2.83. The van der Waals surface area contributed by atoms with Crippen LogP contribution in [0.1, 0.15) is 16.7 Å². The van der Waals surface area contributed by atoms with E-state index in [0.29, 0.717) is 6.54 Å². The van der Waals surface area contributed by atoms with Crippen LogP contribution in [-0.4, -0.2) is 54.6 Å². The monoisotopic (exact) mass is 426 g/mol. The van der Waals surface area contributed by atoms with Gasteiger partial charge in [-0.2, -0.15) is 5.10 Å². The summed E-state index contributed by atoms with van der Waals surface area (Å²) >= 11 is 0. The molecule has 3 aromatic rings. The highest BCUT2D eigenvalue weighted by molar-refractivity contribution is 5.83. The number of aryl methyl sites for hydroxylation is 1. The molecule has 1 N–H and O–H groups in total. The van der Waals surface area contributed by atoms with Crippen LogP contribution in [0.5, 0.6) is 0 Å². The molecule has 1 saturated heterocycles. The molecular formula is C27H30N4O. The standard InChI is InChI=1S/C27H30N4O/c1-22-7-9-24(10-8-22)20-30-15-17-31(18-16-30)21-27(32)29-28-19-23-11-13-26(14-12-23)25-5-3-2-4-6-25/h2-14,19H,15-18,20-21H2,1H3,(H,29,32). The van der Waals surface area contributed by atoms with Crippen LogP contribution < -0.4 is 5.43 Å². The summed E-state index contributed by atoms with van der Waals surface area (Å²) in [5.41, 5.74) is 8.58. The predicted octanol–water partition coefficient (Wildman–Crippen LogP) is 3.93. The third-order valence-electron chi connectivity index (χ3n) is 5.78. The van der Waals surface area contributed by atoms with Gasteiger partial charge in [0.25, 0.3) is 5.91 Å². The lowest BCUT2D eigenvalue weighted by Crippen LogP contribution is -2.48. The third kappa shape index (κ3) is 6.36. The Morgan fingerprint density at radius 2 is 1.47 bits per heavy atom. The number of carbonyl (C=O) groups excluding carboxylic acids is 1. The lowest BCUT2D eigenvalue weighted by Gasteiger charge is -2.34. The predicted molar refractivity (Wildman–Crippen MR) is 131 cm³/mol. The van der Waals surface area contributed by atoms with Crippen molar-refractivity contribution in [2.75, 3.05) is 32.7 Å². The van der Waals surface area contributed by atoms with Crippen LogP contribution >= 0.6 is 0 Å². The quantitative estimate of drug-likeness (QED) is 0.460. The lowest BCUT2D eigenvalue weighted by atomic mass is 10.0. The zero-order valence-electron chi connectivity index (χ0n) is 18.6. The van der Waals surface area contributed by atoms with E-state index in [2.05, 4.69) is 75.8 Å². The van der Waals surface area contributed by atoms with Crippen molar-refractivity contribution in [1.29, 1.82) is 0 Å². The van der Waals surface area contributed by atoms with Gasteiger partial charge in [-0.25, -0.2) is 5.43 Å². The topological polar surface area (TPSA) is 47.9 Å². The molecule has 0 saturated carbocycles. The maximum atomic E-state index is 12.3. The molecule has 1 heterocycles. The van der Waals surface area contributed by atoms with Crippen molar-refractivity contribution in [1.82, 2.24) is 15.2 Å². The number of hydrazone groups is 1. The Labute approximate surface area is 190 Å². The summed E-state index contributed by atoms with van der Waals surface area (Å²) < 4.78 is 0. The van der Waals surface area contributed by atoms with Crippen LogP contribution in [-0.2, 0) is 11.3 Å². The summed E-state index contributed by atoms with van der Waals surface area (Å²) in [6.07, 6.45) is 1.69. The Hall–Kier alpha value is -3.28. The molecule has 3 aromatic carbocycles. The molecule has 0 aromatic heterocycles. The maximum absolute atomic E-state index is 12.3. The van der Waals surface area contributed by atoms with Gasteiger partial charge in [0.1, 0.15) is 0 Å². The fourth-order valence-electron chi connectivity index (χ4n) is 3.87. The normalized spacial score (nSPS) is 15.2. The molecule has 1 aliphatic rings. The van der Waals surface area contributed by atoms with Crippen LogP contribution in [0, 0.1) is 6.92 Å². The van der Waals surface area contributed by atoms with E-state index in [4.69, 9.17) is 0 Å². The molecule has 0 unspecified atom stereocenters. The highest BCUT2D eigenvalue weighted by atomic mass is 16.2. The molecule has 0 atom stereocenters. The van der Waals surface area contributed by atoms with E-state index in [0.717, 1.165) is 43.9 Å². The van der Waals surface area contributed by atoms with Crippen molar-refractivity contribution in [2.24, 2.45) is 5.10 Å². The maximum Gasteiger partial charge on any atom is 0.254 e. The summed E-state index contributed by atoms with van der Waals surface area (Å²) in [6.45, 7) is 7.18. The van der Waals surface area contributed by atoms with Gasteiger partial charge in [-0.05, 0) is 29.2 Å². The second-order valence-corrected chi connectivity index (χ2v) is 8.32. The Morgan fingerprint density at radius 3 is 2.16 bits per heavy atom. The smallest absolute Gasteiger partial charge is 0.254 e. The van der Waals surface area contributed by atoms with Crippen LogP contribution in [0.15, 0.2) is 84.0 Å². The number of hydrogen-bond donors (Lipinski definition) is 1. The van der Waals surface area contributed by atoms with E-state index in [1.54, 1.807) is 6.21 Å². The number of nitrogens with zero attached hydrogens (tertiary/aromatic N) is 3. The highest BCUT2D eigenvalue weighted by Gasteiger charge is 2.18. The Morgan fingerprint density at radius 1 is 0.844 bits per heavy atom. The van der Waals surface area contributed by atoms with E-state index >= 15 is 0 Å². The average molecular weight is 427 g/mol. The molecule has 0 spiro atoms. The molecular weight excluding hydrogens is 396 g/mol. The van der Waals surface area contributed by atoms with E-state index in [9.17, 15) is 4.79 Å². The van der Waals surface area contributed by atoms with Crippen molar-refractivity contribution < 1.29 is 4.79 Å². The Balaban J connectivity index is 1.18. The van der Waals surface area contributed by atoms with E-state index in [1.807, 2.05) is 30.3 Å². The fourth-order valence-corrected chi connectivity index (χ4v) is 3.87. The largest absolute Gasteiger partial charge is 0.297 e. The Kier molecular flexibility index (Phi) is 7.43. The van der Waals surface area contributed by atoms with Crippen molar-refractivity contribution in [3.05, 3.63) is 95.6 Å². The number of hydrogen-bond acceptors (Lipinski definition) is 4. The first-order valence-corrected chi connectivity index (χ1v) is 11.1. The number of carbonyl (C=O) groups is 1. The van der Waals surface area contributed by atoms with Gasteiger partial charge in [0.2, 0.25) is 0 Å². The number of piperazine rings is 1. The molecule has 5 heteroatoms. The molecule has 0 radical (unpaired) electrons. The van der Waals surface area contributed by atoms with Gasteiger partial charge >= 0.3 is 0 Å². The minimum absolute atomic E-state index is 0.0749. The third-order valence-corrected chi connectivity index (χ3v) is 5.78. The highest BCUT2D eigenvalue weighted by Crippen LogP contribution is 2.18. The van der Waals surface area contributed by atoms with Gasteiger partial charge in [-0.1, -0.05) is 84.4 Å². The summed E-state index contributed by atoms with van der Waals surface area (Å²) in [5, 5.41) is 4.13. The molecule has 0 bridgehead atoms. The van der Waals surface area contributed by atoms with Crippen LogP contribution in [0.25, 0.3) is 11.1 Å². The molecule has 32 heavy (non-hydrogen) atoms. The van der Waals surface area contributed by atoms with Crippen LogP contribution in [0.2, 0.25) is 0 Å². The van der Waals surface area contributed by atoms with Gasteiger partial charge in [-0.15, -0.1) is 0 Å². The summed E-state index contributed by atoms with van der Waals surface area (Å²) in [4.78, 5) is 16.9. The van der Waals surface area contributed by atoms with Crippen molar-refractivity contribution in [3.8, 4) is 11.1 Å². The molecule has 0 aliphatic carbocycles. The van der Waals surface area contributed by atoms with Gasteiger partial charge in [-0.3, -0.25) is 14.6 Å². The summed E-state index contributed by atoms with van der Waals surface area (Å²) in [7, 11) is 0. The van der Waals surface area contributed by atoms with Gasteiger partial charge in [0.15, 0.2) is 0 Å². The molecule has 1 fully saturated rings. The second kappa shape index (κ2) is 10.8. The fraction of sp³-hybridized carbons (Fsp3) is 0.259. The van der Waals surface area contributed by atoms with E-state index in [-0.39, 0.29) is 5.91 Å².